The Labute approximate surface area is 141 Å². The van der Waals surface area contributed by atoms with Crippen molar-refractivity contribution in [3.8, 4) is 17.2 Å². The number of hydrogen-bond donors (Lipinski definition) is 2. The molecule has 0 fully saturated rings. The third-order valence-electron chi connectivity index (χ3n) is 3.44. The zero-order chi connectivity index (χ0) is 17.4. The van der Waals surface area contributed by atoms with Gasteiger partial charge in [-0.15, -0.1) is 0 Å². The van der Waals surface area contributed by atoms with Crippen molar-refractivity contribution in [2.24, 2.45) is 0 Å². The number of para-hydroxylation sites is 2. The van der Waals surface area contributed by atoms with E-state index in [4.69, 9.17) is 14.2 Å². The number of methoxy groups -OCH3 is 3. The topological polar surface area (TPSA) is 68.8 Å². The summed E-state index contributed by atoms with van der Waals surface area (Å²) in [5.41, 5.74) is 1.65. The number of carbonyl (C=O) groups is 1. The van der Waals surface area contributed by atoms with Gasteiger partial charge >= 0.3 is 0 Å². The lowest BCUT2D eigenvalue weighted by Gasteiger charge is -2.11. The Hall–Kier alpha value is -2.73. The first-order valence-electron chi connectivity index (χ1n) is 7.52. The van der Waals surface area contributed by atoms with E-state index in [1.807, 2.05) is 30.3 Å². The van der Waals surface area contributed by atoms with Crippen molar-refractivity contribution in [2.75, 3.05) is 33.2 Å². The van der Waals surface area contributed by atoms with Crippen LogP contribution in [-0.2, 0) is 11.3 Å². The normalized spacial score (nSPS) is 10.1. The molecular weight excluding hydrogens is 308 g/mol. The van der Waals surface area contributed by atoms with Gasteiger partial charge in [0.05, 0.1) is 33.6 Å². The van der Waals surface area contributed by atoms with Crippen molar-refractivity contribution in [3.05, 3.63) is 48.0 Å². The van der Waals surface area contributed by atoms with Crippen LogP contribution in [0.5, 0.6) is 17.2 Å². The third kappa shape index (κ3) is 4.63. The Bertz CT molecular complexity index is 688. The molecule has 2 rings (SSSR count). The molecule has 6 nitrogen and oxygen atoms in total. The van der Waals surface area contributed by atoms with Crippen LogP contribution < -0.4 is 24.8 Å². The first-order valence-corrected chi connectivity index (χ1v) is 7.52. The van der Waals surface area contributed by atoms with E-state index < -0.39 is 0 Å². The molecule has 2 aromatic rings. The smallest absolute Gasteiger partial charge is 0.238 e. The Morgan fingerprint density at radius 2 is 1.62 bits per heavy atom. The molecule has 2 aromatic carbocycles. The van der Waals surface area contributed by atoms with E-state index in [1.54, 1.807) is 33.5 Å². The number of hydrogen-bond acceptors (Lipinski definition) is 5. The molecule has 0 saturated carbocycles. The summed E-state index contributed by atoms with van der Waals surface area (Å²) >= 11 is 0. The summed E-state index contributed by atoms with van der Waals surface area (Å²) in [5.74, 6) is 1.83. The Morgan fingerprint density at radius 1 is 0.917 bits per heavy atom. The zero-order valence-corrected chi connectivity index (χ0v) is 14.1. The van der Waals surface area contributed by atoms with Crippen LogP contribution in [0.25, 0.3) is 0 Å². The first-order chi connectivity index (χ1) is 11.7. The summed E-state index contributed by atoms with van der Waals surface area (Å²) in [5, 5.41) is 5.92. The first kappa shape index (κ1) is 17.6. The van der Waals surface area contributed by atoms with Crippen LogP contribution in [0.2, 0.25) is 0 Å². The summed E-state index contributed by atoms with van der Waals surface area (Å²) in [6.07, 6.45) is 0. The van der Waals surface area contributed by atoms with Crippen molar-refractivity contribution in [1.82, 2.24) is 5.32 Å². The molecule has 0 aliphatic heterocycles. The highest BCUT2D eigenvalue weighted by atomic mass is 16.5. The standard InChI is InChI=1S/C18H22N2O4/c1-22-15-7-5-4-6-14(15)20-18(21)12-19-11-13-8-9-16(23-2)17(10-13)24-3/h4-10,19H,11-12H2,1-3H3,(H,20,21). The number of nitrogens with one attached hydrogen (secondary N) is 2. The highest BCUT2D eigenvalue weighted by Crippen LogP contribution is 2.27. The van der Waals surface area contributed by atoms with Crippen LogP contribution in [0, 0.1) is 0 Å². The van der Waals surface area contributed by atoms with Crippen molar-refractivity contribution in [3.63, 3.8) is 0 Å². The quantitative estimate of drug-likeness (QED) is 0.778. The highest BCUT2D eigenvalue weighted by molar-refractivity contribution is 5.93. The second-order valence-electron chi connectivity index (χ2n) is 5.04. The molecule has 0 heterocycles. The van der Waals surface area contributed by atoms with Gasteiger partial charge in [-0.1, -0.05) is 18.2 Å². The molecule has 0 unspecified atom stereocenters. The minimum Gasteiger partial charge on any atom is -0.495 e. The van der Waals surface area contributed by atoms with Crippen LogP contribution in [0.3, 0.4) is 0 Å². The fraction of sp³-hybridized carbons (Fsp3) is 0.278. The van der Waals surface area contributed by atoms with Crippen LogP contribution in [0.4, 0.5) is 5.69 Å². The molecule has 0 atom stereocenters. The van der Waals surface area contributed by atoms with Gasteiger partial charge in [-0.2, -0.15) is 0 Å². The van der Waals surface area contributed by atoms with Gasteiger partial charge in [-0.3, -0.25) is 4.79 Å². The SMILES string of the molecule is COc1ccccc1NC(=O)CNCc1ccc(OC)c(OC)c1. The summed E-state index contributed by atoms with van der Waals surface area (Å²) < 4.78 is 15.7. The summed E-state index contributed by atoms with van der Waals surface area (Å²) in [7, 11) is 4.76. The van der Waals surface area contributed by atoms with Gasteiger partial charge in [0.15, 0.2) is 11.5 Å². The molecule has 0 saturated heterocycles. The van der Waals surface area contributed by atoms with Crippen LogP contribution in [0.15, 0.2) is 42.5 Å². The Morgan fingerprint density at radius 3 is 2.33 bits per heavy atom. The average molecular weight is 330 g/mol. The zero-order valence-electron chi connectivity index (χ0n) is 14.1. The predicted octanol–water partition coefficient (Wildman–Crippen LogP) is 2.44. The van der Waals surface area contributed by atoms with Gasteiger partial charge in [0.2, 0.25) is 5.91 Å². The average Bonchev–Trinajstić information content (AvgIpc) is 2.62. The molecule has 0 bridgehead atoms. The van der Waals surface area contributed by atoms with E-state index in [-0.39, 0.29) is 12.5 Å². The van der Waals surface area contributed by atoms with Gasteiger partial charge in [-0.05, 0) is 29.8 Å². The van der Waals surface area contributed by atoms with Crippen LogP contribution in [0.1, 0.15) is 5.56 Å². The van der Waals surface area contributed by atoms with Gasteiger partial charge in [0.25, 0.3) is 0 Å². The van der Waals surface area contributed by atoms with E-state index in [9.17, 15) is 4.79 Å². The second-order valence-corrected chi connectivity index (χ2v) is 5.04. The molecule has 128 valence electrons. The lowest BCUT2D eigenvalue weighted by Crippen LogP contribution is -2.27. The number of amides is 1. The molecule has 0 aromatic heterocycles. The molecule has 1 amide bonds. The van der Waals surface area contributed by atoms with E-state index in [0.717, 1.165) is 5.56 Å². The maximum Gasteiger partial charge on any atom is 0.238 e. The summed E-state index contributed by atoms with van der Waals surface area (Å²) in [6, 6.07) is 12.9. The fourth-order valence-electron chi connectivity index (χ4n) is 2.25. The summed E-state index contributed by atoms with van der Waals surface area (Å²) in [6.45, 7) is 0.728. The van der Waals surface area contributed by atoms with Crippen molar-refractivity contribution in [1.29, 1.82) is 0 Å². The molecular formula is C18H22N2O4. The van der Waals surface area contributed by atoms with E-state index in [2.05, 4.69) is 10.6 Å². The summed E-state index contributed by atoms with van der Waals surface area (Å²) in [4.78, 5) is 12.0. The van der Waals surface area contributed by atoms with E-state index in [1.165, 1.54) is 0 Å². The van der Waals surface area contributed by atoms with Crippen LogP contribution >= 0.6 is 0 Å². The van der Waals surface area contributed by atoms with Crippen LogP contribution in [-0.4, -0.2) is 33.8 Å². The predicted molar refractivity (Wildman–Crippen MR) is 92.9 cm³/mol. The fourth-order valence-corrected chi connectivity index (χ4v) is 2.25. The highest BCUT2D eigenvalue weighted by Gasteiger charge is 2.08. The molecule has 0 radical (unpaired) electrons. The molecule has 2 N–H and O–H groups in total. The minimum absolute atomic E-state index is 0.139. The maximum atomic E-state index is 12.0. The number of anilines is 1. The van der Waals surface area contributed by atoms with E-state index in [0.29, 0.717) is 29.5 Å². The largest absolute Gasteiger partial charge is 0.495 e. The lowest BCUT2D eigenvalue weighted by molar-refractivity contribution is -0.115. The molecule has 0 spiro atoms. The Balaban J connectivity index is 1.86. The van der Waals surface area contributed by atoms with E-state index >= 15 is 0 Å². The van der Waals surface area contributed by atoms with Crippen molar-refractivity contribution in [2.45, 2.75) is 6.54 Å². The molecule has 0 aliphatic rings. The molecule has 0 aliphatic carbocycles. The van der Waals surface area contributed by atoms with Gasteiger partial charge in [-0.25, -0.2) is 0 Å². The van der Waals surface area contributed by atoms with Crippen molar-refractivity contribution < 1.29 is 19.0 Å². The lowest BCUT2D eigenvalue weighted by atomic mass is 10.2. The number of benzene rings is 2. The third-order valence-corrected chi connectivity index (χ3v) is 3.44. The monoisotopic (exact) mass is 330 g/mol. The van der Waals surface area contributed by atoms with Gasteiger partial charge in [0, 0.05) is 6.54 Å². The number of carbonyl (C=O) groups excluding carboxylic acids is 1. The van der Waals surface area contributed by atoms with Crippen molar-refractivity contribution >= 4 is 11.6 Å². The molecule has 6 heteroatoms. The second kappa shape index (κ2) is 8.79. The Kier molecular flexibility index (Phi) is 6.45. The number of ether oxygens (including phenoxy) is 3. The minimum atomic E-state index is -0.139. The molecule has 24 heavy (non-hydrogen) atoms. The number of rotatable bonds is 8. The van der Waals surface area contributed by atoms with Gasteiger partial charge < -0.3 is 24.8 Å². The maximum absolute atomic E-state index is 12.0. The van der Waals surface area contributed by atoms with Gasteiger partial charge in [0.1, 0.15) is 5.75 Å².